The van der Waals surface area contributed by atoms with Gasteiger partial charge in [0, 0.05) is 26.5 Å². The van der Waals surface area contributed by atoms with Crippen LogP contribution in [0.4, 0.5) is 0 Å². The summed E-state index contributed by atoms with van der Waals surface area (Å²) in [6.45, 7) is 0.335. The van der Waals surface area contributed by atoms with E-state index in [4.69, 9.17) is 5.11 Å². The zero-order chi connectivity index (χ0) is 5.54. The molecule has 0 amide bonds. The van der Waals surface area contributed by atoms with Gasteiger partial charge >= 0.3 is 0 Å². The molecule has 0 aliphatic heterocycles. The molecule has 0 spiro atoms. The zero-order valence-corrected chi connectivity index (χ0v) is 5.81. The lowest BCUT2D eigenvalue weighted by Crippen LogP contribution is -1.91. The Bertz CT molecular complexity index is 81.4. The lowest BCUT2D eigenvalue weighted by Gasteiger charge is -1.86. The quantitative estimate of drug-likeness (QED) is 0.406. The van der Waals surface area contributed by atoms with Crippen LogP contribution in [0.1, 0.15) is 0 Å². The van der Waals surface area contributed by atoms with Gasteiger partial charge in [-0.1, -0.05) is 0 Å². The fraction of sp³-hybridized carbons (Fsp3) is 0.500. The Kier molecular flexibility index (Phi) is 6.09. The third kappa shape index (κ3) is 6.05. The summed E-state index contributed by atoms with van der Waals surface area (Å²) in [6, 6.07) is 0. The Morgan fingerprint density at radius 1 is 1.71 bits per heavy atom. The molecule has 0 aliphatic carbocycles. The first kappa shape index (κ1) is 7.05. The van der Waals surface area contributed by atoms with Crippen LogP contribution < -0.4 is 0 Å². The van der Waals surface area contributed by atoms with Gasteiger partial charge in [-0.25, -0.2) is 0 Å². The highest BCUT2D eigenvalue weighted by molar-refractivity contribution is 14.1. The number of hydrogen-bond acceptors (Lipinski definition) is 2. The van der Waals surface area contributed by atoms with Gasteiger partial charge in [-0.05, 0) is 0 Å². The maximum Gasteiger partial charge on any atom is 0.123 e. The molecule has 0 unspecified atom stereocenters. The smallest absolute Gasteiger partial charge is 0.123 e. The van der Waals surface area contributed by atoms with Gasteiger partial charge in [-0.2, -0.15) is 0 Å². The fourth-order valence-electron chi connectivity index (χ4n) is 0.124. The zero-order valence-electron chi connectivity index (χ0n) is 3.65. The molecule has 2 nitrogen and oxygen atoms in total. The monoisotopic (exact) mass is 212 g/mol. The second-order valence-corrected chi connectivity index (χ2v) is 1.31. The molecule has 7 heavy (non-hydrogen) atoms. The third-order valence-electron chi connectivity index (χ3n) is 0.304. The van der Waals surface area contributed by atoms with Crippen LogP contribution in [-0.2, 0) is 4.74 Å². The molecule has 0 aromatic rings. The predicted octanol–water partition coefficient (Wildman–Crippen LogP) is 0.349. The summed E-state index contributed by atoms with van der Waals surface area (Å²) >= 11 is 1.86. The minimum atomic E-state index is 0.0331. The fourth-order valence-corrected chi connectivity index (χ4v) is 0.280. The van der Waals surface area contributed by atoms with E-state index in [1.807, 2.05) is 22.6 Å². The van der Waals surface area contributed by atoms with Crippen LogP contribution in [0.2, 0.25) is 0 Å². The predicted molar refractivity (Wildman–Crippen MR) is 34.8 cm³/mol. The molecule has 0 heterocycles. The van der Waals surface area contributed by atoms with Crippen molar-refractivity contribution in [1.29, 1.82) is 0 Å². The molecule has 0 radical (unpaired) electrons. The van der Waals surface area contributed by atoms with Crippen LogP contribution in [0.5, 0.6) is 0 Å². The van der Waals surface area contributed by atoms with E-state index in [0.717, 1.165) is 0 Å². The topological polar surface area (TPSA) is 29.5 Å². The molecule has 0 bridgehead atoms. The number of aliphatic hydroxyl groups is 1. The third-order valence-corrected chi connectivity index (χ3v) is 0.524. The standard InChI is InChI=1S/C4H5IO2/c5-1-3-7-4-2-6/h6H,2,4H2. The molecular weight excluding hydrogens is 207 g/mol. The SMILES string of the molecule is OCCOC#CI. The summed E-state index contributed by atoms with van der Waals surface area (Å²) in [5, 5.41) is 8.10. The number of ether oxygens (including phenoxy) is 1. The van der Waals surface area contributed by atoms with Crippen LogP contribution in [-0.4, -0.2) is 18.3 Å². The van der Waals surface area contributed by atoms with Gasteiger partial charge in [-0.3, -0.25) is 0 Å². The first-order valence-corrected chi connectivity index (χ1v) is 2.83. The molecule has 1 N–H and O–H groups in total. The van der Waals surface area contributed by atoms with E-state index in [1.54, 1.807) is 0 Å². The van der Waals surface area contributed by atoms with Crippen LogP contribution in [0.3, 0.4) is 0 Å². The van der Waals surface area contributed by atoms with Gasteiger partial charge in [0.15, 0.2) is 0 Å². The highest BCUT2D eigenvalue weighted by Gasteiger charge is 1.71. The minimum Gasteiger partial charge on any atom is -0.444 e. The van der Waals surface area contributed by atoms with E-state index in [2.05, 4.69) is 14.8 Å². The minimum absolute atomic E-state index is 0.0331. The van der Waals surface area contributed by atoms with Gasteiger partial charge in [0.1, 0.15) is 12.7 Å². The van der Waals surface area contributed by atoms with Crippen molar-refractivity contribution in [3.05, 3.63) is 0 Å². The van der Waals surface area contributed by atoms with Crippen molar-refractivity contribution in [2.75, 3.05) is 13.2 Å². The van der Waals surface area contributed by atoms with Crippen LogP contribution in [0.25, 0.3) is 0 Å². The number of hydrogen-bond donors (Lipinski definition) is 1. The first-order valence-electron chi connectivity index (χ1n) is 1.75. The van der Waals surface area contributed by atoms with Crippen molar-refractivity contribution < 1.29 is 9.84 Å². The van der Waals surface area contributed by atoms with Crippen molar-refractivity contribution in [3.63, 3.8) is 0 Å². The summed E-state index contributed by atoms with van der Waals surface area (Å²) in [4.78, 5) is 0. The largest absolute Gasteiger partial charge is 0.444 e. The average molecular weight is 212 g/mol. The Morgan fingerprint density at radius 3 is 2.86 bits per heavy atom. The maximum atomic E-state index is 8.10. The van der Waals surface area contributed by atoms with E-state index < -0.39 is 0 Å². The van der Waals surface area contributed by atoms with E-state index in [-0.39, 0.29) is 6.61 Å². The van der Waals surface area contributed by atoms with Crippen molar-refractivity contribution in [2.45, 2.75) is 0 Å². The molecule has 0 aliphatic rings. The summed E-state index contributed by atoms with van der Waals surface area (Å²) in [5.41, 5.74) is 0. The Morgan fingerprint density at radius 2 is 2.43 bits per heavy atom. The van der Waals surface area contributed by atoms with Gasteiger partial charge < -0.3 is 9.84 Å². The summed E-state index contributed by atoms with van der Waals surface area (Å²) < 4.78 is 7.00. The van der Waals surface area contributed by atoms with E-state index >= 15 is 0 Å². The molecule has 0 rings (SSSR count). The van der Waals surface area contributed by atoms with Gasteiger partial charge in [0.05, 0.1) is 6.61 Å². The highest BCUT2D eigenvalue weighted by atomic mass is 127. The maximum absolute atomic E-state index is 8.10. The summed E-state index contributed by atoms with van der Waals surface area (Å²) in [5.74, 6) is 0. The van der Waals surface area contributed by atoms with Crippen LogP contribution >= 0.6 is 22.6 Å². The molecule has 3 heteroatoms. The molecule has 0 fully saturated rings. The van der Waals surface area contributed by atoms with Gasteiger partial charge in [0.2, 0.25) is 0 Å². The Balaban J connectivity index is 2.78. The second kappa shape index (κ2) is 6.05. The molecule has 0 atom stereocenters. The van der Waals surface area contributed by atoms with Gasteiger partial charge in [0.25, 0.3) is 0 Å². The molecular formula is C4H5IO2. The molecule has 40 valence electrons. The molecule has 0 aromatic heterocycles. The molecule has 0 aromatic carbocycles. The average Bonchev–Trinajstić information content (AvgIpc) is 1.69. The first-order chi connectivity index (χ1) is 3.41. The van der Waals surface area contributed by atoms with Crippen LogP contribution in [0.15, 0.2) is 0 Å². The normalized spacial score (nSPS) is 6.57. The lowest BCUT2D eigenvalue weighted by atomic mass is 10.8. The molecule has 0 saturated carbocycles. The second-order valence-electron chi connectivity index (χ2n) is 0.769. The number of rotatable bonds is 2. The number of aliphatic hydroxyl groups excluding tert-OH is 1. The van der Waals surface area contributed by atoms with Crippen molar-refractivity contribution in [2.24, 2.45) is 0 Å². The van der Waals surface area contributed by atoms with Crippen molar-refractivity contribution >= 4 is 22.6 Å². The van der Waals surface area contributed by atoms with Crippen molar-refractivity contribution in [1.82, 2.24) is 0 Å². The Labute approximate surface area is 56.0 Å². The van der Waals surface area contributed by atoms with Gasteiger partial charge in [-0.15, -0.1) is 0 Å². The highest BCUT2D eigenvalue weighted by Crippen LogP contribution is 1.72. The number of halogens is 1. The van der Waals surface area contributed by atoms with E-state index in [1.165, 1.54) is 0 Å². The Hall–Kier alpha value is 0.0500. The molecule has 0 saturated heterocycles. The lowest BCUT2D eigenvalue weighted by molar-refractivity contribution is 0.181. The van der Waals surface area contributed by atoms with Crippen LogP contribution in [0, 0.1) is 10.0 Å². The van der Waals surface area contributed by atoms with E-state index in [9.17, 15) is 0 Å². The van der Waals surface area contributed by atoms with Crippen molar-refractivity contribution in [3.8, 4) is 10.0 Å². The summed E-state index contributed by atoms with van der Waals surface area (Å²) in [6.07, 6.45) is 2.33. The van der Waals surface area contributed by atoms with E-state index in [0.29, 0.717) is 6.61 Å². The summed E-state index contributed by atoms with van der Waals surface area (Å²) in [7, 11) is 0.